The molecule has 0 unspecified atom stereocenters. The van der Waals surface area contributed by atoms with E-state index in [2.05, 4.69) is 10.4 Å². The molecular formula is C20H18N4O3. The Labute approximate surface area is 156 Å². The fraction of sp³-hybridized carbons (Fsp3) is 0.100. The van der Waals surface area contributed by atoms with Crippen LogP contribution in [0.3, 0.4) is 0 Å². The van der Waals surface area contributed by atoms with Crippen LogP contribution in [0.5, 0.6) is 0 Å². The normalized spacial score (nSPS) is 10.9. The van der Waals surface area contributed by atoms with Gasteiger partial charge in [0.2, 0.25) is 5.91 Å². The van der Waals surface area contributed by atoms with E-state index in [0.29, 0.717) is 17.9 Å². The second kappa shape index (κ2) is 8.09. The van der Waals surface area contributed by atoms with Gasteiger partial charge < -0.3 is 5.32 Å². The van der Waals surface area contributed by atoms with Crippen LogP contribution in [0.15, 0.2) is 66.7 Å². The molecule has 27 heavy (non-hydrogen) atoms. The highest BCUT2D eigenvalue weighted by Crippen LogP contribution is 2.15. The Morgan fingerprint density at radius 2 is 1.89 bits per heavy atom. The van der Waals surface area contributed by atoms with Crippen LogP contribution in [0.1, 0.15) is 16.8 Å². The highest BCUT2D eigenvalue weighted by Gasteiger charge is 2.08. The van der Waals surface area contributed by atoms with Gasteiger partial charge in [0.05, 0.1) is 17.2 Å². The Balaban J connectivity index is 1.68. The minimum atomic E-state index is -0.462. The van der Waals surface area contributed by atoms with Crippen LogP contribution in [0.4, 0.5) is 11.5 Å². The van der Waals surface area contributed by atoms with Crippen LogP contribution in [-0.4, -0.2) is 20.6 Å². The molecule has 0 aliphatic rings. The van der Waals surface area contributed by atoms with E-state index in [4.69, 9.17) is 0 Å². The number of carbonyl (C=O) groups is 1. The summed E-state index contributed by atoms with van der Waals surface area (Å²) in [4.78, 5) is 22.4. The molecule has 0 radical (unpaired) electrons. The summed E-state index contributed by atoms with van der Waals surface area (Å²) in [6.07, 6.45) is 2.99. The Bertz CT molecular complexity index is 976. The van der Waals surface area contributed by atoms with Crippen LogP contribution in [0.25, 0.3) is 6.08 Å². The number of non-ortho nitro benzene ring substituents is 1. The second-order valence-electron chi connectivity index (χ2n) is 5.99. The molecule has 1 amide bonds. The van der Waals surface area contributed by atoms with Crippen molar-refractivity contribution < 1.29 is 9.72 Å². The maximum atomic E-state index is 12.2. The monoisotopic (exact) mass is 362 g/mol. The number of aromatic nitrogens is 2. The number of benzene rings is 2. The first-order chi connectivity index (χ1) is 13.0. The molecule has 1 N–H and O–H groups in total. The lowest BCUT2D eigenvalue weighted by molar-refractivity contribution is -0.384. The predicted octanol–water partition coefficient (Wildman–Crippen LogP) is 3.80. The molecule has 1 heterocycles. The summed E-state index contributed by atoms with van der Waals surface area (Å²) >= 11 is 0. The van der Waals surface area contributed by atoms with Gasteiger partial charge in [-0.2, -0.15) is 5.10 Å². The van der Waals surface area contributed by atoms with E-state index in [1.165, 1.54) is 18.2 Å². The van der Waals surface area contributed by atoms with Crippen LogP contribution < -0.4 is 5.32 Å². The first kappa shape index (κ1) is 18.1. The zero-order chi connectivity index (χ0) is 19.2. The molecule has 0 aliphatic heterocycles. The predicted molar refractivity (Wildman–Crippen MR) is 103 cm³/mol. The molecule has 0 saturated heterocycles. The van der Waals surface area contributed by atoms with Gasteiger partial charge in [-0.25, -0.2) is 4.68 Å². The average Bonchev–Trinajstić information content (AvgIpc) is 3.00. The number of anilines is 1. The van der Waals surface area contributed by atoms with Crippen molar-refractivity contribution in [3.63, 3.8) is 0 Å². The standard InChI is InChI=1S/C20H18N4O3/c1-15-13-19(23(22-15)14-17-5-3-2-4-6-17)21-20(25)12-9-16-7-10-18(11-8-16)24(26)27/h2-13H,14H2,1H3,(H,21,25). The van der Waals surface area contributed by atoms with Crippen molar-refractivity contribution in [2.45, 2.75) is 13.5 Å². The van der Waals surface area contributed by atoms with Gasteiger partial charge in [-0.05, 0) is 36.3 Å². The van der Waals surface area contributed by atoms with Gasteiger partial charge in [0, 0.05) is 24.3 Å². The number of aryl methyl sites for hydroxylation is 1. The molecule has 0 fully saturated rings. The highest BCUT2D eigenvalue weighted by atomic mass is 16.6. The number of nitro benzene ring substituents is 1. The summed E-state index contributed by atoms with van der Waals surface area (Å²) < 4.78 is 1.74. The molecule has 1 aromatic heterocycles. The molecule has 7 nitrogen and oxygen atoms in total. The number of carbonyl (C=O) groups excluding carboxylic acids is 1. The number of hydrogen-bond acceptors (Lipinski definition) is 4. The average molecular weight is 362 g/mol. The van der Waals surface area contributed by atoms with Crippen molar-refractivity contribution in [1.29, 1.82) is 0 Å². The molecular weight excluding hydrogens is 344 g/mol. The van der Waals surface area contributed by atoms with Gasteiger partial charge in [-0.3, -0.25) is 14.9 Å². The first-order valence-corrected chi connectivity index (χ1v) is 8.33. The Morgan fingerprint density at radius 1 is 1.19 bits per heavy atom. The fourth-order valence-electron chi connectivity index (χ4n) is 2.57. The van der Waals surface area contributed by atoms with E-state index < -0.39 is 4.92 Å². The Morgan fingerprint density at radius 3 is 2.56 bits per heavy atom. The van der Waals surface area contributed by atoms with Gasteiger partial charge in [0.15, 0.2) is 0 Å². The summed E-state index contributed by atoms with van der Waals surface area (Å²) in [5, 5.41) is 17.9. The van der Waals surface area contributed by atoms with E-state index >= 15 is 0 Å². The van der Waals surface area contributed by atoms with Crippen LogP contribution in [-0.2, 0) is 11.3 Å². The summed E-state index contributed by atoms with van der Waals surface area (Å²) in [6.45, 7) is 2.42. The number of amides is 1. The van der Waals surface area contributed by atoms with Crippen LogP contribution >= 0.6 is 0 Å². The summed E-state index contributed by atoms with van der Waals surface area (Å²) in [5.74, 6) is 0.303. The van der Waals surface area contributed by atoms with Crippen molar-refractivity contribution in [3.05, 3.63) is 93.7 Å². The summed E-state index contributed by atoms with van der Waals surface area (Å²) in [7, 11) is 0. The molecule has 136 valence electrons. The Hall–Kier alpha value is -3.74. The molecule has 0 bridgehead atoms. The molecule has 0 spiro atoms. The molecule has 7 heteroatoms. The minimum absolute atomic E-state index is 0.0110. The molecule has 0 saturated carbocycles. The molecule has 0 aliphatic carbocycles. The quantitative estimate of drug-likeness (QED) is 0.410. The third kappa shape index (κ3) is 4.88. The van der Waals surface area contributed by atoms with Gasteiger partial charge in [-0.1, -0.05) is 30.3 Å². The number of nitrogens with zero attached hydrogens (tertiary/aromatic N) is 3. The molecule has 3 aromatic rings. The number of nitro groups is 1. The zero-order valence-electron chi connectivity index (χ0n) is 14.7. The van der Waals surface area contributed by atoms with Gasteiger partial charge in [0.25, 0.3) is 5.69 Å². The third-order valence-electron chi connectivity index (χ3n) is 3.86. The van der Waals surface area contributed by atoms with Crippen LogP contribution in [0, 0.1) is 17.0 Å². The molecule has 0 atom stereocenters. The van der Waals surface area contributed by atoms with E-state index in [-0.39, 0.29) is 11.6 Å². The zero-order valence-corrected chi connectivity index (χ0v) is 14.7. The van der Waals surface area contributed by atoms with Crippen LogP contribution in [0.2, 0.25) is 0 Å². The largest absolute Gasteiger partial charge is 0.307 e. The maximum Gasteiger partial charge on any atom is 0.269 e. The first-order valence-electron chi connectivity index (χ1n) is 8.33. The molecule has 2 aromatic carbocycles. The van der Waals surface area contributed by atoms with Gasteiger partial charge in [0.1, 0.15) is 5.82 Å². The lowest BCUT2D eigenvalue weighted by Crippen LogP contribution is -2.13. The lowest BCUT2D eigenvalue weighted by atomic mass is 10.2. The summed E-state index contributed by atoms with van der Waals surface area (Å²) in [6, 6.07) is 17.6. The van der Waals surface area contributed by atoms with E-state index in [1.807, 2.05) is 37.3 Å². The topological polar surface area (TPSA) is 90.1 Å². The van der Waals surface area contributed by atoms with Gasteiger partial charge in [-0.15, -0.1) is 0 Å². The minimum Gasteiger partial charge on any atom is -0.307 e. The van der Waals surface area contributed by atoms with Crippen molar-refractivity contribution in [2.75, 3.05) is 5.32 Å². The van der Waals surface area contributed by atoms with Crippen molar-refractivity contribution in [1.82, 2.24) is 9.78 Å². The van der Waals surface area contributed by atoms with Crippen molar-refractivity contribution >= 4 is 23.5 Å². The maximum absolute atomic E-state index is 12.2. The highest BCUT2D eigenvalue weighted by molar-refractivity contribution is 6.01. The summed E-state index contributed by atoms with van der Waals surface area (Å²) in [5.41, 5.74) is 2.60. The number of rotatable bonds is 6. The SMILES string of the molecule is Cc1cc(NC(=O)C=Cc2ccc([N+](=O)[O-])cc2)n(Cc2ccccc2)n1. The van der Waals surface area contributed by atoms with Gasteiger partial charge >= 0.3 is 0 Å². The molecule has 3 rings (SSSR count). The number of hydrogen-bond donors (Lipinski definition) is 1. The third-order valence-corrected chi connectivity index (χ3v) is 3.86. The fourth-order valence-corrected chi connectivity index (χ4v) is 2.57. The second-order valence-corrected chi connectivity index (χ2v) is 5.99. The van der Waals surface area contributed by atoms with E-state index in [0.717, 1.165) is 11.3 Å². The lowest BCUT2D eigenvalue weighted by Gasteiger charge is -2.07. The number of nitrogens with one attached hydrogen (secondary N) is 1. The van der Waals surface area contributed by atoms with E-state index in [9.17, 15) is 14.9 Å². The Kier molecular flexibility index (Phi) is 5.41. The smallest absolute Gasteiger partial charge is 0.269 e. The van der Waals surface area contributed by atoms with Crippen molar-refractivity contribution in [2.24, 2.45) is 0 Å². The van der Waals surface area contributed by atoms with E-state index in [1.54, 1.807) is 29.0 Å². The van der Waals surface area contributed by atoms with Crippen molar-refractivity contribution in [3.8, 4) is 0 Å².